The van der Waals surface area contributed by atoms with Crippen LogP contribution in [-0.2, 0) is 0 Å². The van der Waals surface area contributed by atoms with Crippen LogP contribution in [0.2, 0.25) is 5.02 Å². The maximum atomic E-state index is 5.88. The number of anilines is 1. The molecule has 4 heteroatoms. The van der Waals surface area contributed by atoms with Crippen LogP contribution in [0.25, 0.3) is 0 Å². The Balaban J connectivity index is 2.39. The lowest BCUT2D eigenvalue weighted by Gasteiger charge is -2.14. The number of aryl methyl sites for hydroxylation is 1. The Hall–Kier alpha value is -1.48. The molecule has 2 aromatic rings. The average molecular weight is 236 g/mol. The summed E-state index contributed by atoms with van der Waals surface area (Å²) < 4.78 is 1.73. The molecule has 0 aliphatic rings. The number of nitrogen functional groups attached to an aromatic ring is 1. The predicted molar refractivity (Wildman–Crippen MR) is 66.6 cm³/mol. The number of halogens is 1. The molecular weight excluding hydrogens is 222 g/mol. The summed E-state index contributed by atoms with van der Waals surface area (Å²) in [4.78, 5) is 0. The maximum Gasteiger partial charge on any atom is 0.141 e. The second-order valence-corrected chi connectivity index (χ2v) is 4.32. The second-order valence-electron chi connectivity index (χ2n) is 3.91. The highest BCUT2D eigenvalue weighted by atomic mass is 35.5. The molecule has 1 atom stereocenters. The zero-order chi connectivity index (χ0) is 11.7. The van der Waals surface area contributed by atoms with Crippen molar-refractivity contribution < 1.29 is 0 Å². The van der Waals surface area contributed by atoms with Crippen molar-refractivity contribution in [3.63, 3.8) is 0 Å². The number of hydrogen-bond donors (Lipinski definition) is 1. The lowest BCUT2D eigenvalue weighted by atomic mass is 10.1. The van der Waals surface area contributed by atoms with E-state index < -0.39 is 0 Å². The molecule has 0 amide bonds. The summed E-state index contributed by atoms with van der Waals surface area (Å²) in [6.45, 7) is 4.12. The van der Waals surface area contributed by atoms with Crippen LogP contribution >= 0.6 is 11.6 Å². The van der Waals surface area contributed by atoms with E-state index in [1.54, 1.807) is 10.9 Å². The van der Waals surface area contributed by atoms with E-state index in [1.807, 2.05) is 6.07 Å². The van der Waals surface area contributed by atoms with Gasteiger partial charge in [0.15, 0.2) is 0 Å². The molecule has 1 aromatic heterocycles. The van der Waals surface area contributed by atoms with Crippen molar-refractivity contribution in [3.05, 3.63) is 46.6 Å². The molecule has 0 radical (unpaired) electrons. The summed E-state index contributed by atoms with van der Waals surface area (Å²) >= 11 is 5.88. The SMILES string of the molecule is Cc1cccc(C(C)n2ncc(Cl)c2N)c1. The van der Waals surface area contributed by atoms with Gasteiger partial charge in [0, 0.05) is 0 Å². The van der Waals surface area contributed by atoms with Gasteiger partial charge in [-0.25, -0.2) is 4.68 Å². The minimum absolute atomic E-state index is 0.0902. The minimum atomic E-state index is 0.0902. The maximum absolute atomic E-state index is 5.88. The Labute approximate surface area is 99.8 Å². The highest BCUT2D eigenvalue weighted by Gasteiger charge is 2.13. The third kappa shape index (κ3) is 1.91. The average Bonchev–Trinajstić information content (AvgIpc) is 2.59. The standard InChI is InChI=1S/C12H14ClN3/c1-8-4-3-5-10(6-8)9(2)16-12(14)11(13)7-15-16/h3-7,9H,14H2,1-2H3. The van der Waals surface area contributed by atoms with E-state index in [-0.39, 0.29) is 6.04 Å². The highest BCUT2D eigenvalue weighted by molar-refractivity contribution is 6.32. The quantitative estimate of drug-likeness (QED) is 0.870. The van der Waals surface area contributed by atoms with Crippen molar-refractivity contribution >= 4 is 17.4 Å². The molecule has 0 aliphatic carbocycles. The Morgan fingerprint density at radius 3 is 2.75 bits per heavy atom. The van der Waals surface area contributed by atoms with Crippen LogP contribution in [0.5, 0.6) is 0 Å². The molecule has 2 N–H and O–H groups in total. The van der Waals surface area contributed by atoms with E-state index in [9.17, 15) is 0 Å². The highest BCUT2D eigenvalue weighted by Crippen LogP contribution is 2.25. The van der Waals surface area contributed by atoms with Gasteiger partial charge in [-0.2, -0.15) is 5.10 Å². The van der Waals surface area contributed by atoms with E-state index in [0.717, 1.165) is 0 Å². The Kier molecular flexibility index (Phi) is 2.88. The minimum Gasteiger partial charge on any atom is -0.383 e. The van der Waals surface area contributed by atoms with Crippen LogP contribution in [0.4, 0.5) is 5.82 Å². The van der Waals surface area contributed by atoms with Crippen molar-refractivity contribution in [2.24, 2.45) is 0 Å². The number of rotatable bonds is 2. The number of aromatic nitrogens is 2. The van der Waals surface area contributed by atoms with Gasteiger partial charge >= 0.3 is 0 Å². The number of nitrogens with two attached hydrogens (primary N) is 1. The number of benzene rings is 1. The molecule has 0 spiro atoms. The Morgan fingerprint density at radius 1 is 1.44 bits per heavy atom. The van der Waals surface area contributed by atoms with E-state index in [2.05, 4.69) is 37.1 Å². The first-order valence-electron chi connectivity index (χ1n) is 5.14. The number of hydrogen-bond acceptors (Lipinski definition) is 2. The van der Waals surface area contributed by atoms with Crippen LogP contribution < -0.4 is 5.73 Å². The fourth-order valence-electron chi connectivity index (χ4n) is 1.73. The molecule has 2 rings (SSSR count). The molecule has 3 nitrogen and oxygen atoms in total. The summed E-state index contributed by atoms with van der Waals surface area (Å²) in [7, 11) is 0. The lowest BCUT2D eigenvalue weighted by molar-refractivity contribution is 0.573. The third-order valence-corrected chi connectivity index (χ3v) is 2.97. The van der Waals surface area contributed by atoms with Crippen LogP contribution in [-0.4, -0.2) is 9.78 Å². The molecular formula is C12H14ClN3. The van der Waals surface area contributed by atoms with Gasteiger partial charge in [-0.1, -0.05) is 41.4 Å². The van der Waals surface area contributed by atoms with Crippen LogP contribution in [0.3, 0.4) is 0 Å². The molecule has 1 heterocycles. The lowest BCUT2D eigenvalue weighted by Crippen LogP contribution is -2.11. The van der Waals surface area contributed by atoms with E-state index in [1.165, 1.54) is 11.1 Å². The van der Waals surface area contributed by atoms with Crippen LogP contribution in [0.15, 0.2) is 30.5 Å². The molecule has 1 aromatic carbocycles. The molecule has 84 valence electrons. The Morgan fingerprint density at radius 2 is 2.19 bits per heavy atom. The van der Waals surface area contributed by atoms with Crippen molar-refractivity contribution in [2.75, 3.05) is 5.73 Å². The molecule has 0 aliphatic heterocycles. The molecule has 1 unspecified atom stereocenters. The van der Waals surface area contributed by atoms with Gasteiger partial charge in [0.2, 0.25) is 0 Å². The van der Waals surface area contributed by atoms with E-state index >= 15 is 0 Å². The monoisotopic (exact) mass is 235 g/mol. The molecule has 16 heavy (non-hydrogen) atoms. The summed E-state index contributed by atoms with van der Waals surface area (Å²) in [5.74, 6) is 0.510. The largest absolute Gasteiger partial charge is 0.383 e. The topological polar surface area (TPSA) is 43.8 Å². The van der Waals surface area contributed by atoms with Gasteiger partial charge in [-0.05, 0) is 19.4 Å². The molecule has 0 bridgehead atoms. The number of nitrogens with zero attached hydrogens (tertiary/aromatic N) is 2. The Bertz CT molecular complexity index is 505. The first kappa shape index (κ1) is 11.0. The van der Waals surface area contributed by atoms with Crippen molar-refractivity contribution in [1.29, 1.82) is 0 Å². The third-order valence-electron chi connectivity index (χ3n) is 2.68. The normalized spacial score (nSPS) is 12.7. The summed E-state index contributed by atoms with van der Waals surface area (Å²) in [5.41, 5.74) is 8.24. The summed E-state index contributed by atoms with van der Waals surface area (Å²) in [5, 5.41) is 4.68. The zero-order valence-corrected chi connectivity index (χ0v) is 10.1. The van der Waals surface area contributed by atoms with Gasteiger partial charge in [-0.3, -0.25) is 0 Å². The second kappa shape index (κ2) is 4.18. The summed E-state index contributed by atoms with van der Waals surface area (Å²) in [6.07, 6.45) is 1.57. The van der Waals surface area contributed by atoms with Gasteiger partial charge in [0.1, 0.15) is 10.8 Å². The fraction of sp³-hybridized carbons (Fsp3) is 0.250. The fourth-order valence-corrected chi connectivity index (χ4v) is 1.86. The predicted octanol–water partition coefficient (Wildman–Crippen LogP) is 3.04. The van der Waals surface area contributed by atoms with E-state index in [4.69, 9.17) is 17.3 Å². The van der Waals surface area contributed by atoms with Crippen molar-refractivity contribution in [1.82, 2.24) is 9.78 Å². The smallest absolute Gasteiger partial charge is 0.141 e. The van der Waals surface area contributed by atoms with Crippen LogP contribution in [0, 0.1) is 6.92 Å². The van der Waals surface area contributed by atoms with Crippen LogP contribution in [0.1, 0.15) is 24.1 Å². The van der Waals surface area contributed by atoms with Gasteiger partial charge in [-0.15, -0.1) is 0 Å². The molecule has 0 saturated carbocycles. The van der Waals surface area contributed by atoms with Gasteiger partial charge in [0.25, 0.3) is 0 Å². The van der Waals surface area contributed by atoms with Crippen molar-refractivity contribution in [3.8, 4) is 0 Å². The summed E-state index contributed by atoms with van der Waals surface area (Å²) in [6, 6.07) is 8.37. The first-order valence-corrected chi connectivity index (χ1v) is 5.52. The van der Waals surface area contributed by atoms with Crippen molar-refractivity contribution in [2.45, 2.75) is 19.9 Å². The zero-order valence-electron chi connectivity index (χ0n) is 9.31. The van der Waals surface area contributed by atoms with Gasteiger partial charge in [0.05, 0.1) is 12.2 Å². The molecule has 0 fully saturated rings. The van der Waals surface area contributed by atoms with Gasteiger partial charge < -0.3 is 5.73 Å². The van der Waals surface area contributed by atoms with E-state index in [0.29, 0.717) is 10.8 Å². The first-order chi connectivity index (χ1) is 7.59. The molecule has 0 saturated heterocycles.